The molecule has 0 bridgehead atoms. The van der Waals surface area contributed by atoms with Crippen LogP contribution in [0.25, 0.3) is 11.5 Å². The van der Waals surface area contributed by atoms with Crippen LogP contribution in [0.1, 0.15) is 22.8 Å². The molecule has 0 saturated carbocycles. The Labute approximate surface area is 131 Å². The van der Waals surface area contributed by atoms with E-state index in [1.807, 2.05) is 0 Å². The van der Waals surface area contributed by atoms with Crippen LogP contribution in [-0.2, 0) is 6.61 Å². The highest BCUT2D eigenvalue weighted by molar-refractivity contribution is 5.79. The van der Waals surface area contributed by atoms with Gasteiger partial charge in [0.2, 0.25) is 5.82 Å². The maximum absolute atomic E-state index is 8.54. The Kier molecular flexibility index (Phi) is 4.05. The van der Waals surface area contributed by atoms with Gasteiger partial charge in [0.25, 0.3) is 5.89 Å². The number of nitrogens with zero attached hydrogens (tertiary/aromatic N) is 4. The highest BCUT2D eigenvalue weighted by Gasteiger charge is 2.18. The van der Waals surface area contributed by atoms with Gasteiger partial charge in [-0.25, -0.2) is 0 Å². The van der Waals surface area contributed by atoms with Crippen molar-refractivity contribution >= 4 is 6.21 Å². The maximum Gasteiger partial charge on any atom is 0.263 e. The van der Waals surface area contributed by atoms with Gasteiger partial charge in [0.1, 0.15) is 17.1 Å². The first-order valence-electron chi connectivity index (χ1n) is 6.83. The summed E-state index contributed by atoms with van der Waals surface area (Å²) in [6, 6.07) is 7.09. The van der Waals surface area contributed by atoms with Crippen molar-refractivity contribution in [2.24, 2.45) is 5.16 Å². The summed E-state index contributed by atoms with van der Waals surface area (Å²) in [7, 11) is 0. The van der Waals surface area contributed by atoms with E-state index in [0.717, 1.165) is 5.56 Å². The van der Waals surface area contributed by atoms with Gasteiger partial charge in [0, 0.05) is 0 Å². The monoisotopic (exact) mass is 314 g/mol. The van der Waals surface area contributed by atoms with Gasteiger partial charge in [-0.3, -0.25) is 0 Å². The van der Waals surface area contributed by atoms with Crippen molar-refractivity contribution in [3.05, 3.63) is 47.1 Å². The predicted octanol–water partition coefficient (Wildman–Crippen LogP) is 2.73. The molecular formula is C15H14N4O4. The number of aromatic nitrogens is 3. The molecule has 0 unspecified atom stereocenters. The van der Waals surface area contributed by atoms with Crippen molar-refractivity contribution in [1.29, 1.82) is 0 Å². The summed E-state index contributed by atoms with van der Waals surface area (Å²) in [6.45, 7) is 3.73. The molecule has 8 heteroatoms. The molecule has 8 nitrogen and oxygen atoms in total. The third-order valence-corrected chi connectivity index (χ3v) is 3.15. The van der Waals surface area contributed by atoms with Crippen LogP contribution in [0.2, 0.25) is 0 Å². The maximum atomic E-state index is 8.54. The molecular weight excluding hydrogens is 300 g/mol. The first kappa shape index (κ1) is 14.8. The third-order valence-electron chi connectivity index (χ3n) is 3.15. The minimum atomic E-state index is 0.145. The van der Waals surface area contributed by atoms with Gasteiger partial charge >= 0.3 is 0 Å². The molecule has 0 aliphatic heterocycles. The minimum Gasteiger partial charge on any atom is -0.485 e. The van der Waals surface area contributed by atoms with Crippen LogP contribution in [0.3, 0.4) is 0 Å². The van der Waals surface area contributed by atoms with Gasteiger partial charge in [0.05, 0.1) is 11.9 Å². The molecule has 0 atom stereocenters. The Hall–Kier alpha value is -3.16. The highest BCUT2D eigenvalue weighted by Crippen LogP contribution is 2.25. The molecule has 23 heavy (non-hydrogen) atoms. The Morgan fingerprint density at radius 3 is 2.87 bits per heavy atom. The zero-order valence-electron chi connectivity index (χ0n) is 12.6. The number of hydrogen-bond donors (Lipinski definition) is 1. The zero-order valence-corrected chi connectivity index (χ0v) is 12.6. The number of hydrogen-bond acceptors (Lipinski definition) is 8. The van der Waals surface area contributed by atoms with Crippen LogP contribution < -0.4 is 4.74 Å². The van der Waals surface area contributed by atoms with Crippen molar-refractivity contribution in [3.63, 3.8) is 0 Å². The zero-order chi connectivity index (χ0) is 16.2. The number of benzene rings is 1. The van der Waals surface area contributed by atoms with E-state index in [4.69, 9.17) is 19.0 Å². The second-order valence-corrected chi connectivity index (χ2v) is 4.82. The fourth-order valence-electron chi connectivity index (χ4n) is 2.10. The SMILES string of the molecule is Cc1noc(C)c1-c1nc(COc2cccc(/C=N/O)c2)no1. The largest absolute Gasteiger partial charge is 0.485 e. The van der Waals surface area contributed by atoms with Crippen LogP contribution in [0.15, 0.2) is 38.5 Å². The van der Waals surface area contributed by atoms with E-state index in [1.165, 1.54) is 6.21 Å². The van der Waals surface area contributed by atoms with E-state index >= 15 is 0 Å². The topological polar surface area (TPSA) is 107 Å². The highest BCUT2D eigenvalue weighted by atomic mass is 16.5. The summed E-state index contributed by atoms with van der Waals surface area (Å²) >= 11 is 0. The molecule has 2 heterocycles. The Morgan fingerprint density at radius 1 is 1.26 bits per heavy atom. The molecule has 118 valence electrons. The lowest BCUT2D eigenvalue weighted by molar-refractivity contribution is 0.287. The standard InChI is InChI=1S/C15H14N4O4/c1-9-14(10(2)22-18-9)15-17-13(19-23-15)8-21-12-5-3-4-11(6-12)7-16-20/h3-7,20H,8H2,1-2H3/b16-7+. The quantitative estimate of drug-likeness (QED) is 0.438. The average molecular weight is 314 g/mol. The molecule has 3 aromatic rings. The summed E-state index contributed by atoms with van der Waals surface area (Å²) in [5.74, 6) is 1.97. The minimum absolute atomic E-state index is 0.145. The van der Waals surface area contributed by atoms with Gasteiger partial charge in [-0.1, -0.05) is 27.6 Å². The number of oxime groups is 1. The summed E-state index contributed by atoms with van der Waals surface area (Å²) in [5.41, 5.74) is 2.11. The van der Waals surface area contributed by atoms with E-state index in [9.17, 15) is 0 Å². The van der Waals surface area contributed by atoms with E-state index in [2.05, 4.69) is 20.5 Å². The Balaban J connectivity index is 1.71. The number of rotatable bonds is 5. The molecule has 0 saturated heterocycles. The second-order valence-electron chi connectivity index (χ2n) is 4.82. The molecule has 1 aromatic carbocycles. The molecule has 0 amide bonds. The van der Waals surface area contributed by atoms with Crippen molar-refractivity contribution in [3.8, 4) is 17.2 Å². The van der Waals surface area contributed by atoms with Crippen molar-refractivity contribution < 1.29 is 19.0 Å². The summed E-state index contributed by atoms with van der Waals surface area (Å²) in [6.07, 6.45) is 1.32. The number of ether oxygens (including phenoxy) is 1. The molecule has 0 spiro atoms. The lowest BCUT2D eigenvalue weighted by Crippen LogP contribution is -1.98. The van der Waals surface area contributed by atoms with Gasteiger partial charge in [-0.15, -0.1) is 0 Å². The molecule has 0 radical (unpaired) electrons. The van der Waals surface area contributed by atoms with Crippen LogP contribution in [0.5, 0.6) is 5.75 Å². The fourth-order valence-corrected chi connectivity index (χ4v) is 2.10. The normalized spacial score (nSPS) is 11.2. The third kappa shape index (κ3) is 3.20. The Morgan fingerprint density at radius 2 is 2.13 bits per heavy atom. The van der Waals surface area contributed by atoms with Crippen LogP contribution >= 0.6 is 0 Å². The molecule has 0 fully saturated rings. The lowest BCUT2D eigenvalue weighted by atomic mass is 10.2. The van der Waals surface area contributed by atoms with Crippen LogP contribution in [0.4, 0.5) is 0 Å². The van der Waals surface area contributed by atoms with Gasteiger partial charge < -0.3 is 19.0 Å². The van der Waals surface area contributed by atoms with Gasteiger partial charge in [0.15, 0.2) is 6.61 Å². The second kappa shape index (κ2) is 6.30. The van der Waals surface area contributed by atoms with Gasteiger partial charge in [-0.05, 0) is 31.5 Å². The first-order chi connectivity index (χ1) is 11.2. The van der Waals surface area contributed by atoms with Crippen LogP contribution in [0, 0.1) is 13.8 Å². The van der Waals surface area contributed by atoms with Crippen molar-refractivity contribution in [1.82, 2.24) is 15.3 Å². The number of aryl methyl sites for hydroxylation is 2. The lowest BCUT2D eigenvalue weighted by Gasteiger charge is -2.03. The summed E-state index contributed by atoms with van der Waals surface area (Å²) in [4.78, 5) is 4.28. The molecule has 2 aromatic heterocycles. The van der Waals surface area contributed by atoms with Crippen molar-refractivity contribution in [2.45, 2.75) is 20.5 Å². The van der Waals surface area contributed by atoms with Crippen LogP contribution in [-0.4, -0.2) is 26.7 Å². The summed E-state index contributed by atoms with van der Waals surface area (Å²) in [5, 5.41) is 19.3. The van der Waals surface area contributed by atoms with Gasteiger partial charge in [-0.2, -0.15) is 4.98 Å². The summed E-state index contributed by atoms with van der Waals surface area (Å²) < 4.78 is 15.9. The molecule has 0 aliphatic carbocycles. The van der Waals surface area contributed by atoms with E-state index in [1.54, 1.807) is 38.1 Å². The molecule has 0 aliphatic rings. The Bertz CT molecular complexity index is 818. The first-order valence-corrected chi connectivity index (χ1v) is 6.83. The van der Waals surface area contributed by atoms with E-state index < -0.39 is 0 Å². The van der Waals surface area contributed by atoms with E-state index in [-0.39, 0.29) is 6.61 Å². The molecule has 3 rings (SSSR count). The van der Waals surface area contributed by atoms with Crippen molar-refractivity contribution in [2.75, 3.05) is 0 Å². The van der Waals surface area contributed by atoms with E-state index in [0.29, 0.717) is 34.5 Å². The predicted molar refractivity (Wildman–Crippen MR) is 79.4 cm³/mol. The molecule has 1 N–H and O–H groups in total. The smallest absolute Gasteiger partial charge is 0.263 e. The fraction of sp³-hybridized carbons (Fsp3) is 0.200. The average Bonchev–Trinajstić information content (AvgIpc) is 3.13.